The number of aliphatic hydroxyl groups excluding tert-OH is 3. The monoisotopic (exact) mass is 246 g/mol. The molecule has 4 N–H and O–H groups in total. The molecule has 0 aromatic carbocycles. The summed E-state index contributed by atoms with van der Waals surface area (Å²) in [5.74, 6) is 0. The van der Waals surface area contributed by atoms with Gasteiger partial charge in [-0.2, -0.15) is 0 Å². The zero-order chi connectivity index (χ0) is 12.9. The van der Waals surface area contributed by atoms with Crippen LogP contribution in [0.3, 0.4) is 0 Å². The molecule has 0 aromatic heterocycles. The van der Waals surface area contributed by atoms with E-state index < -0.39 is 5.60 Å². The Balaban J connectivity index is 0.000000171. The lowest BCUT2D eigenvalue weighted by Gasteiger charge is -2.30. The number of hydrogen-bond acceptors (Lipinski definition) is 4. The maximum absolute atomic E-state index is 9.38. The van der Waals surface area contributed by atoms with Crippen LogP contribution in [-0.4, -0.2) is 44.3 Å². The summed E-state index contributed by atoms with van der Waals surface area (Å²) in [4.78, 5) is 0. The van der Waals surface area contributed by atoms with Gasteiger partial charge in [0.25, 0.3) is 0 Å². The average molecular weight is 246 g/mol. The van der Waals surface area contributed by atoms with Crippen LogP contribution in [0, 0.1) is 0 Å². The fourth-order valence-corrected chi connectivity index (χ4v) is 2.28. The minimum Gasteiger partial charge on any atom is -0.393 e. The van der Waals surface area contributed by atoms with Crippen molar-refractivity contribution in [2.24, 2.45) is 0 Å². The Morgan fingerprint density at radius 2 is 1.00 bits per heavy atom. The molecule has 2 fully saturated rings. The quantitative estimate of drug-likeness (QED) is 0.513. The van der Waals surface area contributed by atoms with E-state index in [1.54, 1.807) is 0 Å². The summed E-state index contributed by atoms with van der Waals surface area (Å²) in [5, 5.41) is 36.2. The molecular formula is C13H26O4. The molecule has 0 amide bonds. The van der Waals surface area contributed by atoms with E-state index >= 15 is 0 Å². The third-order valence-corrected chi connectivity index (χ3v) is 3.70. The van der Waals surface area contributed by atoms with Crippen LogP contribution >= 0.6 is 0 Å². The van der Waals surface area contributed by atoms with Crippen LogP contribution in [0.15, 0.2) is 0 Å². The zero-order valence-electron chi connectivity index (χ0n) is 10.7. The fourth-order valence-electron chi connectivity index (χ4n) is 2.28. The molecule has 0 spiro atoms. The van der Waals surface area contributed by atoms with Crippen LogP contribution in [0.4, 0.5) is 0 Å². The summed E-state index contributed by atoms with van der Waals surface area (Å²) in [6.07, 6.45) is 5.68. The first-order valence-electron chi connectivity index (χ1n) is 6.65. The molecule has 0 atom stereocenters. The maximum Gasteiger partial charge on any atom is 0.0621 e. The van der Waals surface area contributed by atoms with Crippen molar-refractivity contribution in [2.45, 2.75) is 82.2 Å². The summed E-state index contributed by atoms with van der Waals surface area (Å²) in [6, 6.07) is 0. The van der Waals surface area contributed by atoms with Gasteiger partial charge in [-0.3, -0.25) is 0 Å². The minimum atomic E-state index is -0.501. The summed E-state index contributed by atoms with van der Waals surface area (Å²) >= 11 is 0. The normalized spacial score (nSPS) is 42.5. The molecule has 2 saturated carbocycles. The first-order chi connectivity index (χ1) is 7.89. The topological polar surface area (TPSA) is 80.9 Å². The number of rotatable bonds is 0. The summed E-state index contributed by atoms with van der Waals surface area (Å²) in [7, 11) is 0. The Labute approximate surface area is 103 Å². The van der Waals surface area contributed by atoms with E-state index in [1.165, 1.54) is 0 Å². The van der Waals surface area contributed by atoms with Gasteiger partial charge >= 0.3 is 0 Å². The molecule has 0 bridgehead atoms. The van der Waals surface area contributed by atoms with Gasteiger partial charge in [-0.1, -0.05) is 0 Å². The van der Waals surface area contributed by atoms with Crippen molar-refractivity contribution in [2.75, 3.05) is 0 Å². The van der Waals surface area contributed by atoms with Crippen LogP contribution in [0.25, 0.3) is 0 Å². The predicted octanol–water partition coefficient (Wildman–Crippen LogP) is 0.955. The molecule has 4 nitrogen and oxygen atoms in total. The van der Waals surface area contributed by atoms with Crippen molar-refractivity contribution < 1.29 is 20.4 Å². The lowest BCUT2D eigenvalue weighted by atomic mass is 9.85. The summed E-state index contributed by atoms with van der Waals surface area (Å²) in [5.41, 5.74) is -0.501. The van der Waals surface area contributed by atoms with E-state index in [9.17, 15) is 5.11 Å². The van der Waals surface area contributed by atoms with Crippen LogP contribution < -0.4 is 0 Å². The second-order valence-electron chi connectivity index (χ2n) is 5.69. The molecule has 17 heavy (non-hydrogen) atoms. The molecule has 0 heterocycles. The molecular weight excluding hydrogens is 220 g/mol. The van der Waals surface area contributed by atoms with Gasteiger partial charge in [-0.05, 0) is 58.3 Å². The van der Waals surface area contributed by atoms with Gasteiger partial charge < -0.3 is 20.4 Å². The van der Waals surface area contributed by atoms with Gasteiger partial charge in [0, 0.05) is 0 Å². The first kappa shape index (κ1) is 14.9. The Morgan fingerprint density at radius 1 is 0.706 bits per heavy atom. The highest BCUT2D eigenvalue weighted by Crippen LogP contribution is 2.27. The van der Waals surface area contributed by atoms with Gasteiger partial charge in [0.15, 0.2) is 0 Å². The van der Waals surface area contributed by atoms with E-state index in [0.29, 0.717) is 0 Å². The van der Waals surface area contributed by atoms with Crippen molar-refractivity contribution in [3.8, 4) is 0 Å². The third kappa shape index (κ3) is 6.36. The average Bonchev–Trinajstić information content (AvgIpc) is 2.28. The van der Waals surface area contributed by atoms with Crippen molar-refractivity contribution in [1.29, 1.82) is 0 Å². The minimum absolute atomic E-state index is 0.140. The standard InChI is InChI=1S/C7H14O2.C6H12O2/c1-7(9)4-2-6(8)3-5-7;7-5-1-2-6(8)4-3-5/h6,8-9H,2-5H2,1H3;5-8H,1-4H2. The van der Waals surface area contributed by atoms with Gasteiger partial charge in [0.1, 0.15) is 0 Å². The smallest absolute Gasteiger partial charge is 0.0621 e. The van der Waals surface area contributed by atoms with Crippen LogP contribution in [-0.2, 0) is 0 Å². The molecule has 0 aliphatic heterocycles. The molecule has 4 heteroatoms. The maximum atomic E-state index is 9.38. The first-order valence-corrected chi connectivity index (χ1v) is 6.65. The molecule has 102 valence electrons. The van der Waals surface area contributed by atoms with E-state index in [-0.39, 0.29) is 18.3 Å². The molecule has 0 radical (unpaired) electrons. The Kier molecular flexibility index (Phi) is 5.86. The largest absolute Gasteiger partial charge is 0.393 e. The fraction of sp³-hybridized carbons (Fsp3) is 1.00. The van der Waals surface area contributed by atoms with Crippen molar-refractivity contribution in [3.05, 3.63) is 0 Å². The molecule has 0 unspecified atom stereocenters. The second-order valence-corrected chi connectivity index (χ2v) is 5.69. The summed E-state index contributed by atoms with van der Waals surface area (Å²) < 4.78 is 0. The van der Waals surface area contributed by atoms with E-state index in [2.05, 4.69) is 0 Å². The van der Waals surface area contributed by atoms with Crippen LogP contribution in [0.2, 0.25) is 0 Å². The molecule has 2 aliphatic carbocycles. The van der Waals surface area contributed by atoms with E-state index in [4.69, 9.17) is 15.3 Å². The molecule has 2 aliphatic rings. The number of aliphatic hydroxyl groups is 4. The van der Waals surface area contributed by atoms with Gasteiger partial charge in [-0.15, -0.1) is 0 Å². The van der Waals surface area contributed by atoms with Crippen molar-refractivity contribution in [3.63, 3.8) is 0 Å². The van der Waals surface area contributed by atoms with Crippen molar-refractivity contribution in [1.82, 2.24) is 0 Å². The van der Waals surface area contributed by atoms with E-state index in [1.807, 2.05) is 6.92 Å². The highest BCUT2D eigenvalue weighted by atomic mass is 16.3. The molecule has 2 rings (SSSR count). The molecule has 0 aromatic rings. The Bertz CT molecular complexity index is 189. The SMILES string of the molecule is CC1(O)CCC(O)CC1.OC1CCC(O)CC1. The highest BCUT2D eigenvalue weighted by Gasteiger charge is 2.27. The highest BCUT2D eigenvalue weighted by molar-refractivity contribution is 4.80. The van der Waals surface area contributed by atoms with E-state index in [0.717, 1.165) is 51.4 Å². The second kappa shape index (κ2) is 6.69. The van der Waals surface area contributed by atoms with Crippen molar-refractivity contribution >= 4 is 0 Å². The van der Waals surface area contributed by atoms with Crippen LogP contribution in [0.1, 0.15) is 58.3 Å². The number of hydrogen-bond donors (Lipinski definition) is 4. The molecule has 0 saturated heterocycles. The lowest BCUT2D eigenvalue weighted by Crippen LogP contribution is -2.32. The Morgan fingerprint density at radius 3 is 1.29 bits per heavy atom. The van der Waals surface area contributed by atoms with Crippen LogP contribution in [0.5, 0.6) is 0 Å². The predicted molar refractivity (Wildman–Crippen MR) is 65.6 cm³/mol. The lowest BCUT2D eigenvalue weighted by molar-refractivity contribution is -0.0175. The summed E-state index contributed by atoms with van der Waals surface area (Å²) in [6.45, 7) is 1.83. The van der Waals surface area contributed by atoms with Gasteiger partial charge in [0.2, 0.25) is 0 Å². The zero-order valence-corrected chi connectivity index (χ0v) is 10.7. The third-order valence-electron chi connectivity index (χ3n) is 3.70. The Hall–Kier alpha value is -0.160. The van der Waals surface area contributed by atoms with Gasteiger partial charge in [0.05, 0.1) is 23.9 Å². The van der Waals surface area contributed by atoms with Gasteiger partial charge in [-0.25, -0.2) is 0 Å².